The fraction of sp³-hybridized carbons (Fsp3) is 0.333. The van der Waals surface area contributed by atoms with Crippen LogP contribution in [0.5, 0.6) is 0 Å². The molecule has 0 heterocycles. The SMILES string of the molecule is Cc1ccc2c(c1)C(/C=C/CN(C)C)c1ccccc1CC2. The fourth-order valence-electron chi connectivity index (χ4n) is 3.35. The van der Waals surface area contributed by atoms with E-state index in [9.17, 15) is 0 Å². The van der Waals surface area contributed by atoms with Gasteiger partial charge < -0.3 is 4.90 Å². The lowest BCUT2D eigenvalue weighted by Gasteiger charge is -2.18. The van der Waals surface area contributed by atoms with Gasteiger partial charge in [-0.2, -0.15) is 0 Å². The number of benzene rings is 2. The second-order valence-electron chi connectivity index (χ2n) is 6.57. The van der Waals surface area contributed by atoms with Crippen LogP contribution < -0.4 is 0 Å². The Morgan fingerprint density at radius 1 is 1.00 bits per heavy atom. The summed E-state index contributed by atoms with van der Waals surface area (Å²) in [6, 6.07) is 15.9. The van der Waals surface area contributed by atoms with Gasteiger partial charge in [0.2, 0.25) is 0 Å². The Balaban J connectivity index is 2.08. The molecule has 2 aromatic rings. The lowest BCUT2D eigenvalue weighted by atomic mass is 9.87. The van der Waals surface area contributed by atoms with Gasteiger partial charge in [0.15, 0.2) is 0 Å². The van der Waals surface area contributed by atoms with E-state index in [1.54, 1.807) is 0 Å². The van der Waals surface area contributed by atoms with E-state index in [-0.39, 0.29) is 0 Å². The Morgan fingerprint density at radius 2 is 1.73 bits per heavy atom. The van der Waals surface area contributed by atoms with Crippen LogP contribution in [0.2, 0.25) is 0 Å². The van der Waals surface area contributed by atoms with Crippen molar-refractivity contribution >= 4 is 0 Å². The normalized spacial score (nSPS) is 17.4. The molecule has 0 aromatic heterocycles. The molecule has 0 saturated heterocycles. The molecule has 0 aliphatic heterocycles. The zero-order chi connectivity index (χ0) is 15.5. The van der Waals surface area contributed by atoms with Gasteiger partial charge in [-0.3, -0.25) is 0 Å². The van der Waals surface area contributed by atoms with E-state index in [2.05, 4.69) is 80.5 Å². The Hall–Kier alpha value is -1.86. The van der Waals surface area contributed by atoms with Gasteiger partial charge in [0.25, 0.3) is 0 Å². The number of fused-ring (bicyclic) bond motifs is 2. The standard InChI is InChI=1S/C21H25N/c1-16-10-11-18-13-12-17-7-4-5-8-19(17)20(21(18)15-16)9-6-14-22(2)3/h4-11,15,20H,12-14H2,1-3H3/b9-6+. The molecule has 2 aromatic carbocycles. The molecule has 1 nitrogen and oxygen atoms in total. The monoisotopic (exact) mass is 291 g/mol. The summed E-state index contributed by atoms with van der Waals surface area (Å²) < 4.78 is 0. The second-order valence-corrected chi connectivity index (χ2v) is 6.57. The quantitative estimate of drug-likeness (QED) is 0.760. The van der Waals surface area contributed by atoms with Crippen molar-refractivity contribution in [1.82, 2.24) is 4.90 Å². The highest BCUT2D eigenvalue weighted by atomic mass is 15.0. The van der Waals surface area contributed by atoms with E-state index in [0.717, 1.165) is 19.4 Å². The van der Waals surface area contributed by atoms with Gasteiger partial charge in [-0.15, -0.1) is 0 Å². The van der Waals surface area contributed by atoms with Gasteiger partial charge >= 0.3 is 0 Å². The molecule has 0 spiro atoms. The Bertz CT molecular complexity index is 682. The average Bonchev–Trinajstić information content (AvgIpc) is 2.65. The summed E-state index contributed by atoms with van der Waals surface area (Å²) in [6.07, 6.45) is 6.98. The summed E-state index contributed by atoms with van der Waals surface area (Å²) >= 11 is 0. The first-order valence-corrected chi connectivity index (χ1v) is 8.14. The van der Waals surface area contributed by atoms with Gasteiger partial charge in [0.05, 0.1) is 0 Å². The predicted molar refractivity (Wildman–Crippen MR) is 94.6 cm³/mol. The molecule has 0 fully saturated rings. The first kappa shape index (κ1) is 15.1. The van der Waals surface area contributed by atoms with Gasteiger partial charge in [0.1, 0.15) is 0 Å². The molecular formula is C21H25N. The molecule has 0 N–H and O–H groups in total. The van der Waals surface area contributed by atoms with Crippen molar-refractivity contribution in [2.45, 2.75) is 25.7 Å². The summed E-state index contributed by atoms with van der Waals surface area (Å²) in [6.45, 7) is 3.18. The van der Waals surface area contributed by atoms with Crippen LogP contribution in [0.3, 0.4) is 0 Å². The molecule has 1 atom stereocenters. The number of hydrogen-bond donors (Lipinski definition) is 0. The molecule has 22 heavy (non-hydrogen) atoms. The lowest BCUT2D eigenvalue weighted by Crippen LogP contribution is -2.11. The maximum absolute atomic E-state index is 2.39. The number of allylic oxidation sites excluding steroid dienone is 1. The molecule has 1 aliphatic rings. The van der Waals surface area contributed by atoms with Crippen molar-refractivity contribution in [3.63, 3.8) is 0 Å². The van der Waals surface area contributed by atoms with Crippen LogP contribution in [0.4, 0.5) is 0 Å². The van der Waals surface area contributed by atoms with E-state index < -0.39 is 0 Å². The molecule has 0 amide bonds. The van der Waals surface area contributed by atoms with Crippen molar-refractivity contribution in [2.75, 3.05) is 20.6 Å². The summed E-state index contributed by atoms with van der Waals surface area (Å²) in [7, 11) is 4.23. The van der Waals surface area contributed by atoms with Crippen molar-refractivity contribution in [3.8, 4) is 0 Å². The molecule has 0 saturated carbocycles. The van der Waals surface area contributed by atoms with Crippen molar-refractivity contribution in [1.29, 1.82) is 0 Å². The zero-order valence-corrected chi connectivity index (χ0v) is 13.8. The lowest BCUT2D eigenvalue weighted by molar-refractivity contribution is 0.456. The summed E-state index contributed by atoms with van der Waals surface area (Å²) in [5.41, 5.74) is 7.31. The largest absolute Gasteiger partial charge is 0.306 e. The summed E-state index contributed by atoms with van der Waals surface area (Å²) in [4.78, 5) is 2.20. The number of hydrogen-bond acceptors (Lipinski definition) is 1. The number of rotatable bonds is 3. The molecule has 0 bridgehead atoms. The highest BCUT2D eigenvalue weighted by molar-refractivity contribution is 5.48. The molecular weight excluding hydrogens is 266 g/mol. The van der Waals surface area contributed by atoms with Gasteiger partial charge in [-0.1, -0.05) is 60.2 Å². The van der Waals surface area contributed by atoms with Crippen molar-refractivity contribution in [3.05, 3.63) is 82.4 Å². The number of nitrogens with zero attached hydrogens (tertiary/aromatic N) is 1. The Morgan fingerprint density at radius 3 is 2.50 bits per heavy atom. The van der Waals surface area contributed by atoms with Crippen LogP contribution in [0.15, 0.2) is 54.6 Å². The predicted octanol–water partition coefficient (Wildman–Crippen LogP) is 4.34. The molecule has 114 valence electrons. The highest BCUT2D eigenvalue weighted by Gasteiger charge is 2.21. The topological polar surface area (TPSA) is 3.24 Å². The molecule has 1 heteroatoms. The van der Waals surface area contributed by atoms with Crippen LogP contribution in [-0.2, 0) is 12.8 Å². The fourth-order valence-corrected chi connectivity index (χ4v) is 3.35. The van der Waals surface area contributed by atoms with Gasteiger partial charge in [-0.05, 0) is 56.1 Å². The maximum Gasteiger partial charge on any atom is 0.0275 e. The summed E-state index contributed by atoms with van der Waals surface area (Å²) in [5, 5.41) is 0. The third-order valence-electron chi connectivity index (χ3n) is 4.49. The van der Waals surface area contributed by atoms with E-state index in [1.165, 1.54) is 27.8 Å². The van der Waals surface area contributed by atoms with Crippen LogP contribution >= 0.6 is 0 Å². The van der Waals surface area contributed by atoms with Crippen LogP contribution in [0, 0.1) is 6.92 Å². The van der Waals surface area contributed by atoms with Crippen LogP contribution in [0.25, 0.3) is 0 Å². The molecule has 1 aliphatic carbocycles. The third-order valence-corrected chi connectivity index (χ3v) is 4.49. The van der Waals surface area contributed by atoms with E-state index >= 15 is 0 Å². The van der Waals surface area contributed by atoms with Crippen LogP contribution in [0.1, 0.15) is 33.7 Å². The van der Waals surface area contributed by atoms with Crippen LogP contribution in [-0.4, -0.2) is 25.5 Å². The van der Waals surface area contributed by atoms with Gasteiger partial charge in [0, 0.05) is 12.5 Å². The summed E-state index contributed by atoms with van der Waals surface area (Å²) in [5.74, 6) is 0.383. The minimum absolute atomic E-state index is 0.383. The van der Waals surface area contributed by atoms with Crippen molar-refractivity contribution < 1.29 is 0 Å². The highest BCUT2D eigenvalue weighted by Crippen LogP contribution is 2.35. The van der Waals surface area contributed by atoms with Gasteiger partial charge in [-0.25, -0.2) is 0 Å². The smallest absolute Gasteiger partial charge is 0.0275 e. The number of aryl methyl sites for hydroxylation is 3. The Kier molecular flexibility index (Phi) is 4.44. The average molecular weight is 291 g/mol. The Labute approximate surface area is 134 Å². The second kappa shape index (κ2) is 6.50. The number of likely N-dealkylation sites (N-methyl/N-ethyl adjacent to an activating group) is 1. The van der Waals surface area contributed by atoms with E-state index in [1.807, 2.05) is 0 Å². The molecule has 0 radical (unpaired) electrons. The zero-order valence-electron chi connectivity index (χ0n) is 13.8. The first-order valence-electron chi connectivity index (χ1n) is 8.14. The third kappa shape index (κ3) is 3.15. The van der Waals surface area contributed by atoms with E-state index in [4.69, 9.17) is 0 Å². The maximum atomic E-state index is 2.39. The first-order chi connectivity index (χ1) is 10.6. The van der Waals surface area contributed by atoms with E-state index in [0.29, 0.717) is 5.92 Å². The molecule has 1 unspecified atom stereocenters. The minimum Gasteiger partial charge on any atom is -0.306 e. The molecule has 3 rings (SSSR count). The minimum atomic E-state index is 0.383. The van der Waals surface area contributed by atoms with Crippen molar-refractivity contribution in [2.24, 2.45) is 0 Å².